The van der Waals surface area contributed by atoms with Crippen molar-refractivity contribution in [1.29, 1.82) is 0 Å². The minimum Gasteiger partial charge on any atom is -0.350 e. The Labute approximate surface area is 157 Å². The topological polar surface area (TPSA) is 56.6 Å². The number of piperidine rings is 1. The van der Waals surface area contributed by atoms with Crippen molar-refractivity contribution < 1.29 is 14.3 Å². The number of amides is 1. The number of likely N-dealkylation sites (tertiary alicyclic amines) is 1. The molecule has 1 aromatic heterocycles. The minimum atomic E-state index is -0.147. The number of thioether (sulfide) groups is 1. The van der Waals surface area contributed by atoms with E-state index in [4.69, 9.17) is 14.5 Å². The molecule has 2 aromatic rings. The predicted octanol–water partition coefficient (Wildman–Crippen LogP) is 2.51. The summed E-state index contributed by atoms with van der Waals surface area (Å²) in [6.45, 7) is 3.19. The highest BCUT2D eigenvalue weighted by molar-refractivity contribution is 7.97. The molecule has 7 heteroatoms. The van der Waals surface area contributed by atoms with Gasteiger partial charge in [0.15, 0.2) is 6.29 Å². The van der Waals surface area contributed by atoms with Crippen molar-refractivity contribution in [3.63, 3.8) is 0 Å². The fourth-order valence-corrected chi connectivity index (χ4v) is 4.36. The molecule has 2 fully saturated rings. The predicted molar refractivity (Wildman–Crippen MR) is 102 cm³/mol. The molecule has 0 aliphatic carbocycles. The zero-order valence-electron chi connectivity index (χ0n) is 15.1. The van der Waals surface area contributed by atoms with Gasteiger partial charge in [0.1, 0.15) is 12.4 Å². The van der Waals surface area contributed by atoms with Crippen LogP contribution >= 0.6 is 11.8 Å². The standard InChI is InChI=1S/C19H25N3O3S/c1-26-13-17-20-15-6-2-3-7-16(15)22(17)12-18(23)21-8-4-5-14(11-21)19-24-9-10-25-19/h2-3,6-7,14,19H,4-5,8-13H2,1H3. The SMILES string of the molecule is CSCc1nc2ccccc2n1CC(=O)N1CCCC(C2OCCO2)C1. The summed E-state index contributed by atoms with van der Waals surface area (Å²) in [5, 5.41) is 0. The van der Waals surface area contributed by atoms with E-state index in [2.05, 4.69) is 10.8 Å². The third kappa shape index (κ3) is 3.61. The fraction of sp³-hybridized carbons (Fsp3) is 0.579. The van der Waals surface area contributed by atoms with Gasteiger partial charge in [0, 0.05) is 19.0 Å². The molecule has 1 atom stereocenters. The lowest BCUT2D eigenvalue weighted by atomic mass is 9.97. The second-order valence-corrected chi connectivity index (χ2v) is 7.75. The first-order chi connectivity index (χ1) is 12.8. The Morgan fingerprint density at radius 3 is 2.92 bits per heavy atom. The van der Waals surface area contributed by atoms with E-state index in [9.17, 15) is 4.79 Å². The number of aromatic nitrogens is 2. The molecule has 0 saturated carbocycles. The van der Waals surface area contributed by atoms with Gasteiger partial charge in [-0.3, -0.25) is 4.79 Å². The Morgan fingerprint density at radius 2 is 2.12 bits per heavy atom. The summed E-state index contributed by atoms with van der Waals surface area (Å²) in [5.74, 6) is 2.19. The first kappa shape index (κ1) is 17.8. The third-order valence-corrected chi connectivity index (χ3v) is 5.69. The summed E-state index contributed by atoms with van der Waals surface area (Å²) in [5.41, 5.74) is 1.98. The van der Waals surface area contributed by atoms with Gasteiger partial charge in [0.05, 0.1) is 30.0 Å². The van der Waals surface area contributed by atoms with Gasteiger partial charge in [0.2, 0.25) is 5.91 Å². The maximum absolute atomic E-state index is 13.0. The number of ether oxygens (including phenoxy) is 2. The van der Waals surface area contributed by atoms with Gasteiger partial charge in [-0.05, 0) is 31.2 Å². The maximum atomic E-state index is 13.0. The van der Waals surface area contributed by atoms with E-state index >= 15 is 0 Å². The maximum Gasteiger partial charge on any atom is 0.242 e. The first-order valence-corrected chi connectivity index (χ1v) is 10.6. The molecule has 3 heterocycles. The molecule has 1 amide bonds. The molecule has 1 aromatic carbocycles. The van der Waals surface area contributed by atoms with E-state index in [1.165, 1.54) is 0 Å². The van der Waals surface area contributed by atoms with Gasteiger partial charge in [0.25, 0.3) is 0 Å². The van der Waals surface area contributed by atoms with Crippen LogP contribution in [0.4, 0.5) is 0 Å². The van der Waals surface area contributed by atoms with Crippen LogP contribution in [-0.4, -0.2) is 59.2 Å². The molecule has 6 nitrogen and oxygen atoms in total. The zero-order chi connectivity index (χ0) is 17.9. The Bertz CT molecular complexity index is 772. The second kappa shape index (κ2) is 7.98. The van der Waals surface area contributed by atoms with E-state index in [0.29, 0.717) is 26.3 Å². The van der Waals surface area contributed by atoms with Crippen molar-refractivity contribution in [1.82, 2.24) is 14.5 Å². The molecule has 0 spiro atoms. The van der Waals surface area contributed by atoms with E-state index in [1.807, 2.05) is 29.2 Å². The highest BCUT2D eigenvalue weighted by Gasteiger charge is 2.33. The Balaban J connectivity index is 1.50. The summed E-state index contributed by atoms with van der Waals surface area (Å²) in [7, 11) is 0. The molecule has 26 heavy (non-hydrogen) atoms. The summed E-state index contributed by atoms with van der Waals surface area (Å²) >= 11 is 1.72. The molecule has 2 aliphatic heterocycles. The van der Waals surface area contributed by atoms with Crippen molar-refractivity contribution in [2.75, 3.05) is 32.6 Å². The van der Waals surface area contributed by atoms with E-state index in [-0.39, 0.29) is 18.1 Å². The zero-order valence-corrected chi connectivity index (χ0v) is 15.9. The van der Waals surface area contributed by atoms with Crippen LogP contribution in [0.5, 0.6) is 0 Å². The third-order valence-electron chi connectivity index (χ3n) is 5.14. The Kier molecular flexibility index (Phi) is 5.47. The van der Waals surface area contributed by atoms with Crippen LogP contribution in [0, 0.1) is 5.92 Å². The average molecular weight is 375 g/mol. The number of para-hydroxylation sites is 2. The van der Waals surface area contributed by atoms with Crippen LogP contribution in [0.1, 0.15) is 18.7 Å². The molecule has 2 aliphatic rings. The van der Waals surface area contributed by atoms with Gasteiger partial charge in [-0.1, -0.05) is 12.1 Å². The average Bonchev–Trinajstić information content (AvgIpc) is 3.31. The van der Waals surface area contributed by atoms with Crippen LogP contribution in [0.25, 0.3) is 11.0 Å². The molecule has 0 N–H and O–H groups in total. The van der Waals surface area contributed by atoms with Gasteiger partial charge < -0.3 is 18.9 Å². The summed E-state index contributed by atoms with van der Waals surface area (Å²) in [6, 6.07) is 8.03. The summed E-state index contributed by atoms with van der Waals surface area (Å²) in [4.78, 5) is 19.7. The monoisotopic (exact) mass is 375 g/mol. The van der Waals surface area contributed by atoms with Gasteiger partial charge >= 0.3 is 0 Å². The van der Waals surface area contributed by atoms with Crippen LogP contribution in [-0.2, 0) is 26.6 Å². The number of imidazole rings is 1. The quantitative estimate of drug-likeness (QED) is 0.804. The van der Waals surface area contributed by atoms with Gasteiger partial charge in [-0.15, -0.1) is 0 Å². The molecular weight excluding hydrogens is 350 g/mol. The largest absolute Gasteiger partial charge is 0.350 e. The van der Waals surface area contributed by atoms with Gasteiger partial charge in [-0.25, -0.2) is 4.98 Å². The molecule has 140 valence electrons. The highest BCUT2D eigenvalue weighted by Crippen LogP contribution is 2.26. The molecule has 4 rings (SSSR count). The van der Waals surface area contributed by atoms with Crippen molar-refractivity contribution >= 4 is 28.7 Å². The lowest BCUT2D eigenvalue weighted by Crippen LogP contribution is -2.45. The van der Waals surface area contributed by atoms with Crippen molar-refractivity contribution in [3.05, 3.63) is 30.1 Å². The van der Waals surface area contributed by atoms with Crippen LogP contribution < -0.4 is 0 Å². The van der Waals surface area contributed by atoms with E-state index < -0.39 is 0 Å². The van der Waals surface area contributed by atoms with Crippen LogP contribution in [0.3, 0.4) is 0 Å². The van der Waals surface area contributed by atoms with Crippen molar-refractivity contribution in [2.45, 2.75) is 31.4 Å². The summed E-state index contributed by atoms with van der Waals surface area (Å²) < 4.78 is 13.4. The number of hydrogen-bond donors (Lipinski definition) is 0. The summed E-state index contributed by atoms with van der Waals surface area (Å²) in [6.07, 6.45) is 3.97. The number of hydrogen-bond acceptors (Lipinski definition) is 5. The number of benzene rings is 1. The first-order valence-electron chi connectivity index (χ1n) is 9.20. The Morgan fingerprint density at radius 1 is 1.31 bits per heavy atom. The number of fused-ring (bicyclic) bond motifs is 1. The number of rotatable bonds is 5. The molecular formula is C19H25N3O3S. The number of carbonyl (C=O) groups excluding carboxylic acids is 1. The van der Waals surface area contributed by atoms with Gasteiger partial charge in [-0.2, -0.15) is 11.8 Å². The van der Waals surface area contributed by atoms with Crippen LogP contribution in [0.15, 0.2) is 24.3 Å². The molecule has 0 radical (unpaired) electrons. The van der Waals surface area contributed by atoms with Crippen LogP contribution in [0.2, 0.25) is 0 Å². The Hall–Kier alpha value is -1.57. The van der Waals surface area contributed by atoms with E-state index in [0.717, 1.165) is 42.0 Å². The van der Waals surface area contributed by atoms with E-state index in [1.54, 1.807) is 11.8 Å². The molecule has 0 bridgehead atoms. The second-order valence-electron chi connectivity index (χ2n) is 6.89. The minimum absolute atomic E-state index is 0.147. The highest BCUT2D eigenvalue weighted by atomic mass is 32.2. The molecule has 1 unspecified atom stereocenters. The number of carbonyl (C=O) groups is 1. The van der Waals surface area contributed by atoms with Crippen molar-refractivity contribution in [3.8, 4) is 0 Å². The smallest absolute Gasteiger partial charge is 0.242 e. The normalized spacial score (nSPS) is 21.6. The molecule has 2 saturated heterocycles. The number of nitrogens with zero attached hydrogens (tertiary/aromatic N) is 3. The fourth-order valence-electron chi connectivity index (χ4n) is 3.88. The lowest BCUT2D eigenvalue weighted by Gasteiger charge is -2.35. The van der Waals surface area contributed by atoms with Crippen molar-refractivity contribution in [2.24, 2.45) is 5.92 Å². The lowest BCUT2D eigenvalue weighted by molar-refractivity contribution is -0.139.